The molecule has 5 N–H and O–H groups in total. The van der Waals surface area contributed by atoms with E-state index < -0.39 is 54.1 Å². The SMILES string of the molecule is CC(=O)NC(=O)C(O)CC(=O)N(C)NC(=O)[C@@H]1CCCN1C(=O)[C@H](C)NC(=O)[C@@H]1CCCN1. The molecule has 13 nitrogen and oxygen atoms in total. The van der Waals surface area contributed by atoms with Gasteiger partial charge in [-0.15, -0.1) is 0 Å². The van der Waals surface area contributed by atoms with Gasteiger partial charge in [0.2, 0.25) is 23.6 Å². The fourth-order valence-electron chi connectivity index (χ4n) is 3.79. The number of aliphatic hydroxyl groups excluding tert-OH is 1. The van der Waals surface area contributed by atoms with Crippen LogP contribution in [0.4, 0.5) is 0 Å². The molecule has 0 aromatic rings. The Hall–Kier alpha value is -3.06. The number of rotatable bonds is 7. The molecule has 0 bridgehead atoms. The van der Waals surface area contributed by atoms with Crippen molar-refractivity contribution in [2.75, 3.05) is 20.1 Å². The maximum atomic E-state index is 12.9. The summed E-state index contributed by atoms with van der Waals surface area (Å²) in [6.07, 6.45) is 0.141. The zero-order chi connectivity index (χ0) is 24.7. The van der Waals surface area contributed by atoms with Gasteiger partial charge in [0.25, 0.3) is 11.8 Å². The molecule has 0 aromatic heterocycles. The van der Waals surface area contributed by atoms with E-state index in [1.54, 1.807) is 6.92 Å². The summed E-state index contributed by atoms with van der Waals surface area (Å²) in [5, 5.41) is 18.2. The topological polar surface area (TPSA) is 177 Å². The van der Waals surface area contributed by atoms with Gasteiger partial charge in [-0.3, -0.25) is 44.5 Å². The molecule has 0 radical (unpaired) electrons. The predicted molar refractivity (Wildman–Crippen MR) is 114 cm³/mol. The average molecular weight is 469 g/mol. The van der Waals surface area contributed by atoms with Crippen LogP contribution in [-0.4, -0.2) is 94.8 Å². The van der Waals surface area contributed by atoms with Gasteiger partial charge in [0.1, 0.15) is 18.2 Å². The normalized spacial score (nSPS) is 21.6. The quantitative estimate of drug-likeness (QED) is 0.248. The van der Waals surface area contributed by atoms with E-state index in [0.29, 0.717) is 25.8 Å². The number of aliphatic hydroxyl groups is 1. The van der Waals surface area contributed by atoms with Gasteiger partial charge in [0.15, 0.2) is 0 Å². The van der Waals surface area contributed by atoms with E-state index in [1.165, 1.54) is 11.9 Å². The Bertz CT molecular complexity index is 798. The number of amides is 6. The number of carbonyl (C=O) groups excluding carboxylic acids is 6. The van der Waals surface area contributed by atoms with Crippen molar-refractivity contribution >= 4 is 35.4 Å². The first-order chi connectivity index (χ1) is 15.5. The molecule has 2 aliphatic heterocycles. The van der Waals surface area contributed by atoms with Crippen LogP contribution in [-0.2, 0) is 28.8 Å². The lowest BCUT2D eigenvalue weighted by Gasteiger charge is -2.29. The summed E-state index contributed by atoms with van der Waals surface area (Å²) in [6, 6.07) is -1.98. The zero-order valence-electron chi connectivity index (χ0n) is 19.1. The van der Waals surface area contributed by atoms with Crippen molar-refractivity contribution in [1.29, 1.82) is 0 Å². The third-order valence-electron chi connectivity index (χ3n) is 5.57. The Labute approximate surface area is 191 Å². The first kappa shape index (κ1) is 26.2. The van der Waals surface area contributed by atoms with E-state index in [2.05, 4.69) is 16.1 Å². The number of nitrogens with one attached hydrogen (secondary N) is 4. The summed E-state index contributed by atoms with van der Waals surface area (Å²) < 4.78 is 0. The van der Waals surface area contributed by atoms with Gasteiger partial charge in [-0.05, 0) is 39.2 Å². The third kappa shape index (κ3) is 7.22. The van der Waals surface area contributed by atoms with E-state index in [-0.39, 0.29) is 11.9 Å². The Balaban J connectivity index is 1.88. The van der Waals surface area contributed by atoms with Gasteiger partial charge in [0, 0.05) is 20.5 Å². The molecular formula is C20H32N6O7. The molecule has 2 rings (SSSR count). The average Bonchev–Trinajstić information content (AvgIpc) is 3.44. The lowest BCUT2D eigenvalue weighted by Crippen LogP contribution is -2.56. The van der Waals surface area contributed by atoms with E-state index in [4.69, 9.17) is 0 Å². The molecule has 0 saturated carbocycles. The van der Waals surface area contributed by atoms with Gasteiger partial charge >= 0.3 is 0 Å². The maximum absolute atomic E-state index is 12.9. The highest BCUT2D eigenvalue weighted by Crippen LogP contribution is 2.19. The molecule has 2 saturated heterocycles. The highest BCUT2D eigenvalue weighted by Gasteiger charge is 2.37. The van der Waals surface area contributed by atoms with Gasteiger partial charge in [0.05, 0.1) is 12.5 Å². The number of imide groups is 1. The molecule has 13 heteroatoms. The number of carbonyl (C=O) groups is 6. The van der Waals surface area contributed by atoms with Crippen LogP contribution in [0.2, 0.25) is 0 Å². The summed E-state index contributed by atoms with van der Waals surface area (Å²) in [5.74, 6) is -3.72. The molecule has 2 fully saturated rings. The maximum Gasteiger partial charge on any atom is 0.261 e. The van der Waals surface area contributed by atoms with Gasteiger partial charge in [-0.25, -0.2) is 0 Å². The standard InChI is InChI=1S/C20H32N6O7/c1-11(22-17(30)13-6-4-8-21-13)20(33)26-9-5-7-14(26)18(31)24-25(3)16(29)10-15(28)19(32)23-12(2)27/h11,13-15,21,28H,4-10H2,1-3H3,(H,22,30)(H,24,31)(H,23,27,32)/t11-,13-,14-,15?/m0/s1. The van der Waals surface area contributed by atoms with Crippen LogP contribution in [0.15, 0.2) is 0 Å². The van der Waals surface area contributed by atoms with E-state index in [1.807, 2.05) is 5.32 Å². The Morgan fingerprint density at radius 3 is 2.42 bits per heavy atom. The van der Waals surface area contributed by atoms with Gasteiger partial charge < -0.3 is 20.6 Å². The Kier molecular flexibility index (Phi) is 9.29. The van der Waals surface area contributed by atoms with Crippen molar-refractivity contribution in [2.45, 2.75) is 70.2 Å². The summed E-state index contributed by atoms with van der Waals surface area (Å²) in [6.45, 7) is 3.73. The zero-order valence-corrected chi connectivity index (χ0v) is 19.1. The Morgan fingerprint density at radius 1 is 1.12 bits per heavy atom. The summed E-state index contributed by atoms with van der Waals surface area (Å²) in [7, 11) is 1.24. The fourth-order valence-corrected chi connectivity index (χ4v) is 3.79. The minimum Gasteiger partial charge on any atom is -0.383 e. The van der Waals surface area contributed by atoms with Crippen LogP contribution >= 0.6 is 0 Å². The third-order valence-corrected chi connectivity index (χ3v) is 5.57. The smallest absolute Gasteiger partial charge is 0.261 e. The van der Waals surface area contributed by atoms with E-state index >= 15 is 0 Å². The van der Waals surface area contributed by atoms with Crippen molar-refractivity contribution in [3.05, 3.63) is 0 Å². The number of hydrazine groups is 1. The molecule has 33 heavy (non-hydrogen) atoms. The molecule has 0 aliphatic carbocycles. The molecular weight excluding hydrogens is 436 g/mol. The summed E-state index contributed by atoms with van der Waals surface area (Å²) in [5.41, 5.74) is 2.36. The lowest BCUT2D eigenvalue weighted by atomic mass is 10.1. The second-order valence-corrected chi connectivity index (χ2v) is 8.26. The van der Waals surface area contributed by atoms with E-state index in [9.17, 15) is 33.9 Å². The molecule has 1 unspecified atom stereocenters. The van der Waals surface area contributed by atoms with Crippen LogP contribution in [0, 0.1) is 0 Å². The van der Waals surface area contributed by atoms with Crippen molar-refractivity contribution in [1.82, 2.24) is 31.3 Å². The largest absolute Gasteiger partial charge is 0.383 e. The second kappa shape index (κ2) is 11.7. The highest BCUT2D eigenvalue weighted by atomic mass is 16.3. The lowest BCUT2D eigenvalue weighted by molar-refractivity contribution is -0.148. The molecule has 4 atom stereocenters. The van der Waals surface area contributed by atoms with Crippen molar-refractivity contribution < 1.29 is 33.9 Å². The van der Waals surface area contributed by atoms with E-state index in [0.717, 1.165) is 24.9 Å². The minimum absolute atomic E-state index is 0.258. The number of hydrogen-bond donors (Lipinski definition) is 5. The minimum atomic E-state index is -1.76. The molecule has 2 aliphatic rings. The molecule has 2 heterocycles. The number of hydrogen-bond acceptors (Lipinski definition) is 8. The van der Waals surface area contributed by atoms with Crippen molar-refractivity contribution in [2.24, 2.45) is 0 Å². The van der Waals surface area contributed by atoms with Crippen molar-refractivity contribution in [3.8, 4) is 0 Å². The molecule has 184 valence electrons. The predicted octanol–water partition coefficient (Wildman–Crippen LogP) is -2.86. The first-order valence-corrected chi connectivity index (χ1v) is 10.9. The first-order valence-electron chi connectivity index (χ1n) is 10.9. The molecule has 0 spiro atoms. The van der Waals surface area contributed by atoms with Crippen LogP contribution in [0.3, 0.4) is 0 Å². The highest BCUT2D eigenvalue weighted by molar-refractivity contribution is 5.98. The number of likely N-dealkylation sites (tertiary alicyclic amines) is 1. The van der Waals surface area contributed by atoms with Crippen LogP contribution in [0.25, 0.3) is 0 Å². The molecule has 6 amide bonds. The van der Waals surface area contributed by atoms with Gasteiger partial charge in [-0.1, -0.05) is 0 Å². The second-order valence-electron chi connectivity index (χ2n) is 8.26. The van der Waals surface area contributed by atoms with Crippen molar-refractivity contribution in [3.63, 3.8) is 0 Å². The Morgan fingerprint density at radius 2 is 1.82 bits per heavy atom. The number of nitrogens with zero attached hydrogens (tertiary/aromatic N) is 2. The van der Waals surface area contributed by atoms with Crippen LogP contribution in [0.1, 0.15) is 46.0 Å². The summed E-state index contributed by atoms with van der Waals surface area (Å²) in [4.78, 5) is 73.9. The van der Waals surface area contributed by atoms with Gasteiger partial charge in [-0.2, -0.15) is 0 Å². The van der Waals surface area contributed by atoms with Crippen LogP contribution < -0.4 is 21.4 Å². The summed E-state index contributed by atoms with van der Waals surface area (Å²) >= 11 is 0. The molecule has 0 aromatic carbocycles. The van der Waals surface area contributed by atoms with Crippen LogP contribution in [0.5, 0.6) is 0 Å². The monoisotopic (exact) mass is 468 g/mol. The fraction of sp³-hybridized carbons (Fsp3) is 0.700.